The molecule has 320 valence electrons. The van der Waals surface area contributed by atoms with Crippen LogP contribution >= 0.6 is 23.2 Å². The van der Waals surface area contributed by atoms with Crippen molar-refractivity contribution < 1.29 is 4.79 Å². The van der Waals surface area contributed by atoms with Gasteiger partial charge in [0, 0.05) is 82.2 Å². The minimum absolute atomic E-state index is 0.0789. The Morgan fingerprint density at radius 2 is 0.952 bits per heavy atom. The summed E-state index contributed by atoms with van der Waals surface area (Å²) in [5.74, 6) is 1.01. The molecule has 2 saturated heterocycles. The van der Waals surface area contributed by atoms with Crippen LogP contribution < -0.4 is 21.3 Å². The van der Waals surface area contributed by atoms with Crippen molar-refractivity contribution in [1.29, 1.82) is 0 Å². The summed E-state index contributed by atoms with van der Waals surface area (Å²) >= 11 is 12.2. The molecule has 0 spiro atoms. The summed E-state index contributed by atoms with van der Waals surface area (Å²) in [4.78, 5) is 37.7. The van der Waals surface area contributed by atoms with Gasteiger partial charge in [0.15, 0.2) is 0 Å². The SMILES string of the molecule is CC(C)NC1CCN(C(=O)N2CCC(NC(C)C)CC2c2ccc(Nc3nccc(-c4ccc(Cl)cc4)n3)cc2)C(c2ccc(Nc3nccc(-c4ccc(Cl)cc4)n3)cc2)C1. The molecule has 0 radical (unpaired) electrons. The molecule has 4 unspecified atom stereocenters. The topological polar surface area (TPSA) is 123 Å². The largest absolute Gasteiger partial charge is 0.324 e. The van der Waals surface area contributed by atoms with Crippen LogP contribution in [-0.2, 0) is 0 Å². The molecule has 2 fully saturated rings. The summed E-state index contributed by atoms with van der Waals surface area (Å²) in [6.45, 7) is 10.1. The maximum atomic E-state index is 15.1. The van der Waals surface area contributed by atoms with Gasteiger partial charge in [0.1, 0.15) is 0 Å². The van der Waals surface area contributed by atoms with Crippen molar-refractivity contribution in [3.8, 4) is 22.5 Å². The normalized spacial score (nSPS) is 19.2. The Labute approximate surface area is 374 Å². The van der Waals surface area contributed by atoms with Gasteiger partial charge in [-0.2, -0.15) is 0 Å². The van der Waals surface area contributed by atoms with Crippen molar-refractivity contribution in [2.75, 3.05) is 23.7 Å². The highest BCUT2D eigenvalue weighted by atomic mass is 35.5. The van der Waals surface area contributed by atoms with Gasteiger partial charge in [-0.15, -0.1) is 0 Å². The molecule has 2 aromatic heterocycles. The van der Waals surface area contributed by atoms with Gasteiger partial charge in [-0.25, -0.2) is 24.7 Å². The number of carbonyl (C=O) groups excluding carboxylic acids is 1. The number of hydrogen-bond acceptors (Lipinski definition) is 9. The summed E-state index contributed by atoms with van der Waals surface area (Å²) in [6.07, 6.45) is 6.92. The van der Waals surface area contributed by atoms with Crippen LogP contribution in [0.4, 0.5) is 28.1 Å². The predicted octanol–water partition coefficient (Wildman–Crippen LogP) is 11.2. The van der Waals surface area contributed by atoms with Gasteiger partial charge >= 0.3 is 6.03 Å². The number of anilines is 4. The molecule has 62 heavy (non-hydrogen) atoms. The van der Waals surface area contributed by atoms with E-state index in [2.05, 4.69) is 117 Å². The number of likely N-dealkylation sites (tertiary alicyclic amines) is 2. The number of rotatable bonds is 12. The van der Waals surface area contributed by atoms with Crippen LogP contribution in [0.5, 0.6) is 0 Å². The third-order valence-electron chi connectivity index (χ3n) is 11.5. The lowest BCUT2D eigenvalue weighted by Crippen LogP contribution is -2.55. The molecule has 6 aromatic rings. The van der Waals surface area contributed by atoms with Crippen LogP contribution in [0.15, 0.2) is 122 Å². The smallest absolute Gasteiger partial charge is 0.321 e. The van der Waals surface area contributed by atoms with E-state index < -0.39 is 0 Å². The minimum atomic E-state index is -0.103. The number of amides is 2. The Morgan fingerprint density at radius 3 is 1.32 bits per heavy atom. The predicted molar refractivity (Wildman–Crippen MR) is 251 cm³/mol. The fourth-order valence-corrected chi connectivity index (χ4v) is 8.92. The zero-order valence-electron chi connectivity index (χ0n) is 35.6. The Bertz CT molecular complexity index is 2240. The van der Waals surface area contributed by atoms with E-state index in [0.29, 0.717) is 59.2 Å². The van der Waals surface area contributed by atoms with Crippen molar-refractivity contribution in [2.45, 2.75) is 89.6 Å². The quantitative estimate of drug-likeness (QED) is 0.0952. The fourth-order valence-electron chi connectivity index (χ4n) is 8.67. The van der Waals surface area contributed by atoms with Crippen LogP contribution in [0.2, 0.25) is 10.0 Å². The van der Waals surface area contributed by atoms with Gasteiger partial charge in [0.25, 0.3) is 0 Å². The van der Waals surface area contributed by atoms with Crippen molar-refractivity contribution in [3.63, 3.8) is 0 Å². The van der Waals surface area contributed by atoms with Crippen molar-refractivity contribution in [1.82, 2.24) is 40.4 Å². The van der Waals surface area contributed by atoms with E-state index in [1.54, 1.807) is 12.4 Å². The maximum absolute atomic E-state index is 15.1. The summed E-state index contributed by atoms with van der Waals surface area (Å²) in [6, 6.07) is 36.8. The lowest BCUT2D eigenvalue weighted by molar-refractivity contribution is 0.0725. The number of halogens is 2. The molecule has 0 bridgehead atoms. The Hall–Kier alpha value is -5.59. The number of nitrogens with one attached hydrogen (secondary N) is 4. The van der Waals surface area contributed by atoms with Crippen LogP contribution in [0.25, 0.3) is 22.5 Å². The number of piperidine rings is 2. The van der Waals surface area contributed by atoms with Crippen molar-refractivity contribution in [3.05, 3.63) is 143 Å². The molecular weight excluding hydrogens is 816 g/mol. The molecule has 4 N–H and O–H groups in total. The standard InChI is InChI=1S/C49H54Cl2N10O/c1-31(2)54-41-23-27-60(45(29-41)35-9-17-39(18-10-35)56-47-52-25-21-43(58-47)33-5-13-37(50)14-6-33)49(62)61-28-24-42(55-32(3)4)30-46(61)36-11-19-40(20-12-36)57-48-53-26-22-44(59-48)34-7-15-38(51)16-8-34/h5-22,25-26,31-32,41-42,45-46,54-55H,23-24,27-30H2,1-4H3,(H,52,56,58)(H,53,57,59). The van der Waals surface area contributed by atoms with Gasteiger partial charge in [0.2, 0.25) is 11.9 Å². The second-order valence-corrected chi connectivity index (χ2v) is 17.7. The van der Waals surface area contributed by atoms with Crippen molar-refractivity contribution >= 4 is 52.5 Å². The molecule has 2 aliphatic rings. The minimum Gasteiger partial charge on any atom is -0.324 e. The van der Waals surface area contributed by atoms with E-state index in [-0.39, 0.29) is 18.1 Å². The second-order valence-electron chi connectivity index (χ2n) is 16.8. The van der Waals surface area contributed by atoms with Gasteiger partial charge < -0.3 is 31.1 Å². The lowest BCUT2D eigenvalue weighted by atomic mass is 9.89. The number of carbonyl (C=O) groups is 1. The molecule has 4 heterocycles. The highest BCUT2D eigenvalue weighted by Gasteiger charge is 2.40. The molecular formula is C49H54Cl2N10O. The number of nitrogens with zero attached hydrogens (tertiary/aromatic N) is 6. The molecule has 4 aromatic carbocycles. The fraction of sp³-hybridized carbons (Fsp3) is 0.327. The third-order valence-corrected chi connectivity index (χ3v) is 12.0. The average molecular weight is 870 g/mol. The van der Waals surface area contributed by atoms with E-state index in [9.17, 15) is 0 Å². The Morgan fingerprint density at radius 1 is 0.565 bits per heavy atom. The maximum Gasteiger partial charge on any atom is 0.321 e. The second kappa shape index (κ2) is 19.6. The first-order valence-corrected chi connectivity index (χ1v) is 22.3. The Balaban J connectivity index is 1.01. The number of aromatic nitrogens is 4. The molecule has 0 aliphatic carbocycles. The van der Waals surface area contributed by atoms with E-state index in [4.69, 9.17) is 33.2 Å². The monoisotopic (exact) mass is 868 g/mol. The van der Waals surface area contributed by atoms with Crippen LogP contribution in [0.3, 0.4) is 0 Å². The molecule has 11 nitrogen and oxygen atoms in total. The van der Waals surface area contributed by atoms with Crippen molar-refractivity contribution in [2.24, 2.45) is 0 Å². The Kier molecular flexibility index (Phi) is 13.6. The summed E-state index contributed by atoms with van der Waals surface area (Å²) in [5.41, 5.74) is 7.45. The zero-order chi connectivity index (χ0) is 43.2. The summed E-state index contributed by atoms with van der Waals surface area (Å²) < 4.78 is 0. The van der Waals surface area contributed by atoms with Gasteiger partial charge in [0.05, 0.1) is 23.5 Å². The molecule has 4 atom stereocenters. The number of urea groups is 1. The number of hydrogen-bond donors (Lipinski definition) is 4. The molecule has 13 heteroatoms. The molecule has 2 amide bonds. The zero-order valence-corrected chi connectivity index (χ0v) is 37.1. The van der Waals surface area contributed by atoms with E-state index in [0.717, 1.165) is 70.7 Å². The summed E-state index contributed by atoms with van der Waals surface area (Å²) in [7, 11) is 0. The molecule has 0 saturated carbocycles. The summed E-state index contributed by atoms with van der Waals surface area (Å²) in [5, 5.41) is 15.6. The van der Waals surface area contributed by atoms with Crippen LogP contribution in [0, 0.1) is 0 Å². The third kappa shape index (κ3) is 10.7. The first kappa shape index (κ1) is 43.1. The van der Waals surface area contributed by atoms with Crippen LogP contribution in [0.1, 0.15) is 76.6 Å². The number of benzene rings is 4. The van der Waals surface area contributed by atoms with Gasteiger partial charge in [-0.05, 0) is 97.5 Å². The first-order chi connectivity index (χ1) is 30.0. The molecule has 8 rings (SSSR count). The van der Waals surface area contributed by atoms with E-state index >= 15 is 4.79 Å². The average Bonchev–Trinajstić information content (AvgIpc) is 3.27. The van der Waals surface area contributed by atoms with E-state index in [1.807, 2.05) is 60.7 Å². The van der Waals surface area contributed by atoms with Crippen LogP contribution in [-0.4, -0.2) is 73.0 Å². The highest BCUT2D eigenvalue weighted by molar-refractivity contribution is 6.30. The van der Waals surface area contributed by atoms with E-state index in [1.165, 1.54) is 0 Å². The van der Waals surface area contributed by atoms with Gasteiger partial charge in [-0.1, -0.05) is 99.4 Å². The van der Waals surface area contributed by atoms with Gasteiger partial charge in [-0.3, -0.25) is 0 Å². The first-order valence-electron chi connectivity index (χ1n) is 21.6. The molecule has 2 aliphatic heterocycles. The highest BCUT2D eigenvalue weighted by Crippen LogP contribution is 2.38. The lowest BCUT2D eigenvalue weighted by Gasteiger charge is -2.47.